The predicted octanol–water partition coefficient (Wildman–Crippen LogP) is 4.43. The number of amides is 1. The number of aryl methyl sites for hydroxylation is 2. The largest absolute Gasteiger partial charge is 0.478 e. The van der Waals surface area contributed by atoms with Crippen LogP contribution in [0.5, 0.6) is 0 Å². The van der Waals surface area contributed by atoms with Gasteiger partial charge in [0.05, 0.1) is 40.7 Å². The van der Waals surface area contributed by atoms with Crippen molar-refractivity contribution in [3.63, 3.8) is 0 Å². The Labute approximate surface area is 200 Å². The molecule has 1 atom stereocenters. The topological polar surface area (TPSA) is 110 Å². The summed E-state index contributed by atoms with van der Waals surface area (Å²) in [5, 5.41) is 9.40. The van der Waals surface area contributed by atoms with Gasteiger partial charge in [0.15, 0.2) is 0 Å². The van der Waals surface area contributed by atoms with E-state index in [9.17, 15) is 23.9 Å². The zero-order chi connectivity index (χ0) is 24.7. The van der Waals surface area contributed by atoms with Gasteiger partial charge < -0.3 is 19.2 Å². The Morgan fingerprint density at radius 1 is 1.23 bits per heavy atom. The van der Waals surface area contributed by atoms with E-state index >= 15 is 0 Å². The first-order valence-electron chi connectivity index (χ1n) is 11.5. The van der Waals surface area contributed by atoms with Crippen LogP contribution in [0.2, 0.25) is 0 Å². The number of aromatic nitrogens is 1. The lowest BCUT2D eigenvalue weighted by Crippen LogP contribution is -2.23. The third-order valence-corrected chi connectivity index (χ3v) is 6.48. The number of carboxylic acids is 1. The second-order valence-electron chi connectivity index (χ2n) is 8.58. The summed E-state index contributed by atoms with van der Waals surface area (Å²) in [6, 6.07) is 7.18. The molecule has 2 aliphatic heterocycles. The highest BCUT2D eigenvalue weighted by atomic mass is 19.1. The molecule has 0 bridgehead atoms. The average Bonchev–Trinajstić information content (AvgIpc) is 3.57. The van der Waals surface area contributed by atoms with Crippen molar-refractivity contribution in [2.45, 2.75) is 38.6 Å². The minimum absolute atomic E-state index is 0.0912. The molecule has 3 aromatic rings. The van der Waals surface area contributed by atoms with E-state index in [1.165, 1.54) is 18.2 Å². The van der Waals surface area contributed by atoms with E-state index in [1.54, 1.807) is 24.0 Å². The van der Waals surface area contributed by atoms with E-state index in [1.807, 2.05) is 0 Å². The molecule has 0 spiro atoms. The molecule has 1 saturated heterocycles. The number of carboxylic acid groups (broad SMARTS) is 1. The van der Waals surface area contributed by atoms with Gasteiger partial charge in [-0.1, -0.05) is 12.1 Å². The third-order valence-electron chi connectivity index (χ3n) is 6.48. The predicted molar refractivity (Wildman–Crippen MR) is 122 cm³/mol. The van der Waals surface area contributed by atoms with Crippen molar-refractivity contribution in [3.8, 4) is 11.3 Å². The van der Waals surface area contributed by atoms with Crippen LogP contribution < -0.4 is 0 Å². The van der Waals surface area contributed by atoms with Gasteiger partial charge in [0.2, 0.25) is 0 Å². The number of esters is 1. The molecule has 0 unspecified atom stereocenters. The highest BCUT2D eigenvalue weighted by molar-refractivity contribution is 6.10. The standard InChI is InChI=1S/C26H23FN2O6/c1-2-34-26(33)20-17(10-7-14-5-8-16(27)9-6-14)28-23-18-4-3-11-29(18)24(30)22(23)21(20)19-12-15(13-35-19)25(31)32/h5-6,8-9,12-13,18H,2-4,7,10-11H2,1H3,(H,31,32)/t18-/m0/s1. The maximum absolute atomic E-state index is 13.4. The molecule has 8 nitrogen and oxygen atoms in total. The SMILES string of the molecule is CCOC(=O)c1c(CCc2ccc(F)cc2)nc2c(c1-c1cc(C(=O)O)co1)C(=O)N1CCC[C@@H]21. The normalized spacial score (nSPS) is 16.3. The van der Waals surface area contributed by atoms with Crippen LogP contribution in [0.15, 0.2) is 41.0 Å². The van der Waals surface area contributed by atoms with E-state index in [2.05, 4.69) is 0 Å². The fourth-order valence-corrected chi connectivity index (χ4v) is 4.89. The summed E-state index contributed by atoms with van der Waals surface area (Å²) in [6.45, 7) is 2.36. The van der Waals surface area contributed by atoms with Gasteiger partial charge in [-0.2, -0.15) is 0 Å². The smallest absolute Gasteiger partial charge is 0.340 e. The molecule has 2 aromatic heterocycles. The molecule has 0 radical (unpaired) electrons. The molecule has 2 aliphatic rings. The summed E-state index contributed by atoms with van der Waals surface area (Å²) in [6.07, 6.45) is 3.48. The zero-order valence-corrected chi connectivity index (χ0v) is 19.0. The Morgan fingerprint density at radius 3 is 2.69 bits per heavy atom. The molecule has 180 valence electrons. The number of rotatable bonds is 7. The molecule has 1 aromatic carbocycles. The first-order valence-corrected chi connectivity index (χ1v) is 11.5. The Hall–Kier alpha value is -4.01. The first kappa shape index (κ1) is 22.8. The maximum atomic E-state index is 13.4. The van der Waals surface area contributed by atoms with Crippen LogP contribution >= 0.6 is 0 Å². The van der Waals surface area contributed by atoms with Crippen LogP contribution in [0.25, 0.3) is 11.3 Å². The Morgan fingerprint density at radius 2 is 2.00 bits per heavy atom. The summed E-state index contributed by atoms with van der Waals surface area (Å²) in [5.74, 6) is -2.35. The minimum atomic E-state index is -1.19. The summed E-state index contributed by atoms with van der Waals surface area (Å²) in [5.41, 5.74) is 2.32. The van der Waals surface area contributed by atoms with Crippen molar-refractivity contribution in [2.75, 3.05) is 13.2 Å². The third kappa shape index (κ3) is 3.96. The van der Waals surface area contributed by atoms with Crippen molar-refractivity contribution in [2.24, 2.45) is 0 Å². The van der Waals surface area contributed by atoms with Gasteiger partial charge in [0, 0.05) is 12.1 Å². The van der Waals surface area contributed by atoms with Gasteiger partial charge in [-0.3, -0.25) is 9.78 Å². The number of ether oxygens (including phenoxy) is 1. The molecule has 1 amide bonds. The number of pyridine rings is 1. The Bertz CT molecular complexity index is 1330. The van der Waals surface area contributed by atoms with Crippen LogP contribution in [0.1, 0.15) is 73.8 Å². The van der Waals surface area contributed by atoms with E-state index in [4.69, 9.17) is 14.1 Å². The molecule has 9 heteroatoms. The fraction of sp³-hybridized carbons (Fsp3) is 0.308. The van der Waals surface area contributed by atoms with Crippen LogP contribution in [0, 0.1) is 5.82 Å². The Balaban J connectivity index is 1.70. The van der Waals surface area contributed by atoms with Crippen molar-refractivity contribution < 1.29 is 33.0 Å². The quantitative estimate of drug-likeness (QED) is 0.500. The van der Waals surface area contributed by atoms with Gasteiger partial charge in [-0.15, -0.1) is 0 Å². The second kappa shape index (κ2) is 8.98. The van der Waals surface area contributed by atoms with Gasteiger partial charge >= 0.3 is 11.9 Å². The van der Waals surface area contributed by atoms with Crippen LogP contribution in [0.3, 0.4) is 0 Å². The number of hydrogen-bond donors (Lipinski definition) is 1. The maximum Gasteiger partial charge on any atom is 0.340 e. The highest BCUT2D eigenvalue weighted by Crippen LogP contribution is 2.46. The number of carbonyl (C=O) groups excluding carboxylic acids is 2. The average molecular weight is 478 g/mol. The lowest BCUT2D eigenvalue weighted by molar-refractivity contribution is 0.0524. The van der Waals surface area contributed by atoms with Crippen molar-refractivity contribution in [3.05, 3.63) is 76.1 Å². The number of carbonyl (C=O) groups is 3. The van der Waals surface area contributed by atoms with Gasteiger partial charge in [-0.25, -0.2) is 14.0 Å². The highest BCUT2D eigenvalue weighted by Gasteiger charge is 2.45. The molecule has 0 aliphatic carbocycles. The molecular weight excluding hydrogens is 455 g/mol. The van der Waals surface area contributed by atoms with Crippen LogP contribution in [-0.2, 0) is 17.6 Å². The van der Waals surface area contributed by atoms with E-state index < -0.39 is 11.9 Å². The van der Waals surface area contributed by atoms with Crippen molar-refractivity contribution in [1.82, 2.24) is 9.88 Å². The number of hydrogen-bond acceptors (Lipinski definition) is 6. The van der Waals surface area contributed by atoms with E-state index in [-0.39, 0.29) is 52.4 Å². The molecule has 0 saturated carbocycles. The van der Waals surface area contributed by atoms with Gasteiger partial charge in [0.1, 0.15) is 17.8 Å². The lowest BCUT2D eigenvalue weighted by Gasteiger charge is -2.16. The molecule has 35 heavy (non-hydrogen) atoms. The summed E-state index contributed by atoms with van der Waals surface area (Å²) < 4.78 is 24.3. The van der Waals surface area contributed by atoms with Gasteiger partial charge in [0.25, 0.3) is 5.91 Å². The second-order valence-corrected chi connectivity index (χ2v) is 8.58. The molecule has 1 N–H and O–H groups in total. The number of nitrogens with zero attached hydrogens (tertiary/aromatic N) is 2. The van der Waals surface area contributed by atoms with Gasteiger partial charge in [-0.05, 0) is 56.4 Å². The summed E-state index contributed by atoms with van der Waals surface area (Å²) >= 11 is 0. The number of aromatic carboxylic acids is 1. The molecular formula is C26H23FN2O6. The summed E-state index contributed by atoms with van der Waals surface area (Å²) in [4.78, 5) is 44.7. The zero-order valence-electron chi connectivity index (χ0n) is 19.0. The van der Waals surface area contributed by atoms with Crippen LogP contribution in [-0.4, -0.2) is 46.0 Å². The Kier molecular flexibility index (Phi) is 5.84. The first-order chi connectivity index (χ1) is 16.9. The van der Waals surface area contributed by atoms with Crippen LogP contribution in [0.4, 0.5) is 4.39 Å². The van der Waals surface area contributed by atoms with Crippen molar-refractivity contribution >= 4 is 17.8 Å². The minimum Gasteiger partial charge on any atom is -0.478 e. The lowest BCUT2D eigenvalue weighted by atomic mass is 9.92. The van der Waals surface area contributed by atoms with Crippen molar-refractivity contribution in [1.29, 1.82) is 0 Å². The van der Waals surface area contributed by atoms with E-state index in [0.717, 1.165) is 24.7 Å². The molecule has 4 heterocycles. The molecule has 5 rings (SSSR count). The number of halogens is 1. The van der Waals surface area contributed by atoms with E-state index in [0.29, 0.717) is 30.8 Å². The molecule has 1 fully saturated rings. The number of fused-ring (bicyclic) bond motifs is 3. The number of furan rings is 1. The fourth-order valence-electron chi connectivity index (χ4n) is 4.89. The summed E-state index contributed by atoms with van der Waals surface area (Å²) in [7, 11) is 0. The number of benzene rings is 1. The monoisotopic (exact) mass is 478 g/mol.